The van der Waals surface area contributed by atoms with Gasteiger partial charge in [0.25, 0.3) is 0 Å². The van der Waals surface area contributed by atoms with Gasteiger partial charge in [-0.05, 0) is 19.4 Å². The van der Waals surface area contributed by atoms with Crippen LogP contribution in [-0.2, 0) is 0 Å². The number of carbonyl (C=O) groups excluding carboxylic acids is 1. The van der Waals surface area contributed by atoms with Gasteiger partial charge in [-0.1, -0.05) is 29.8 Å². The normalized spacial score (nSPS) is 11.4. The number of anilines is 1. The van der Waals surface area contributed by atoms with Gasteiger partial charge in [-0.2, -0.15) is 0 Å². The van der Waals surface area contributed by atoms with Gasteiger partial charge in [-0.15, -0.1) is 0 Å². The van der Waals surface area contributed by atoms with Crippen LogP contribution in [0.15, 0.2) is 36.4 Å². The van der Waals surface area contributed by atoms with E-state index in [9.17, 15) is 4.79 Å². The highest BCUT2D eigenvalue weighted by Gasteiger charge is 2.15. The topological polar surface area (TPSA) is 68.8 Å². The Hall–Kier alpha value is -2.89. The van der Waals surface area contributed by atoms with Crippen LogP contribution in [0.1, 0.15) is 24.1 Å². The molecule has 0 saturated carbocycles. The fourth-order valence-electron chi connectivity index (χ4n) is 2.46. The van der Waals surface area contributed by atoms with E-state index >= 15 is 0 Å². The molecule has 1 atom stereocenters. The van der Waals surface area contributed by atoms with Crippen LogP contribution in [0.2, 0.25) is 0 Å². The number of benzene rings is 2. The molecule has 2 amide bonds. The first-order valence-electron chi connectivity index (χ1n) is 7.92. The third kappa shape index (κ3) is 4.56. The monoisotopic (exact) mass is 344 g/mol. The number of amides is 2. The SMILES string of the molecule is COc1cc(NC(=O)NC(C)c2ccc(C)cc2)cc(OC)c1OC. The lowest BCUT2D eigenvalue weighted by atomic mass is 10.1. The van der Waals surface area contributed by atoms with Crippen molar-refractivity contribution in [1.29, 1.82) is 0 Å². The van der Waals surface area contributed by atoms with E-state index in [1.54, 1.807) is 12.1 Å². The zero-order chi connectivity index (χ0) is 18.4. The van der Waals surface area contributed by atoms with E-state index in [1.165, 1.54) is 26.9 Å². The standard InChI is InChI=1S/C19H24N2O4/c1-12-6-8-14(9-7-12)13(2)20-19(22)21-15-10-16(23-3)18(25-5)17(11-15)24-4/h6-11,13H,1-5H3,(H2,20,21,22). The van der Waals surface area contributed by atoms with E-state index in [1.807, 2.05) is 38.1 Å². The first kappa shape index (κ1) is 18.4. The Morgan fingerprint density at radius 2 is 1.52 bits per heavy atom. The van der Waals surface area contributed by atoms with Crippen LogP contribution in [0.3, 0.4) is 0 Å². The summed E-state index contributed by atoms with van der Waals surface area (Å²) in [6.07, 6.45) is 0. The predicted octanol–water partition coefficient (Wildman–Crippen LogP) is 3.90. The van der Waals surface area contributed by atoms with Crippen molar-refractivity contribution in [2.45, 2.75) is 19.9 Å². The van der Waals surface area contributed by atoms with Gasteiger partial charge in [-0.3, -0.25) is 0 Å². The Kier molecular flexibility index (Phi) is 6.11. The maximum Gasteiger partial charge on any atom is 0.319 e. The second-order valence-electron chi connectivity index (χ2n) is 5.64. The first-order valence-corrected chi connectivity index (χ1v) is 7.92. The maximum atomic E-state index is 12.3. The predicted molar refractivity (Wildman–Crippen MR) is 97.8 cm³/mol. The number of nitrogens with one attached hydrogen (secondary N) is 2. The molecule has 0 bridgehead atoms. The molecule has 2 rings (SSSR count). The minimum absolute atomic E-state index is 0.123. The summed E-state index contributed by atoms with van der Waals surface area (Å²) in [6, 6.07) is 11.0. The summed E-state index contributed by atoms with van der Waals surface area (Å²) in [5.74, 6) is 1.43. The smallest absolute Gasteiger partial charge is 0.319 e. The highest BCUT2D eigenvalue weighted by Crippen LogP contribution is 2.39. The molecule has 0 radical (unpaired) electrons. The number of hydrogen-bond donors (Lipinski definition) is 2. The fraction of sp³-hybridized carbons (Fsp3) is 0.316. The Morgan fingerprint density at radius 3 is 2.00 bits per heavy atom. The second-order valence-corrected chi connectivity index (χ2v) is 5.64. The van der Waals surface area contributed by atoms with Crippen molar-refractivity contribution in [2.75, 3.05) is 26.6 Å². The molecule has 134 valence electrons. The number of rotatable bonds is 6. The number of hydrogen-bond acceptors (Lipinski definition) is 4. The average molecular weight is 344 g/mol. The summed E-state index contributed by atoms with van der Waals surface area (Å²) in [5, 5.41) is 5.69. The number of carbonyl (C=O) groups is 1. The Labute approximate surface area is 148 Å². The van der Waals surface area contributed by atoms with Gasteiger partial charge in [0.1, 0.15) is 0 Å². The molecular weight excluding hydrogens is 320 g/mol. The number of methoxy groups -OCH3 is 3. The molecule has 0 aliphatic carbocycles. The van der Waals surface area contributed by atoms with Crippen LogP contribution < -0.4 is 24.8 Å². The minimum Gasteiger partial charge on any atom is -0.493 e. The van der Waals surface area contributed by atoms with Gasteiger partial charge in [-0.25, -0.2) is 4.79 Å². The highest BCUT2D eigenvalue weighted by atomic mass is 16.5. The first-order chi connectivity index (χ1) is 12.0. The molecule has 2 aromatic rings. The summed E-state index contributed by atoms with van der Waals surface area (Å²) >= 11 is 0. The van der Waals surface area contributed by atoms with Crippen molar-refractivity contribution in [3.63, 3.8) is 0 Å². The molecule has 0 aliphatic rings. The van der Waals surface area contributed by atoms with Crippen LogP contribution in [0.4, 0.5) is 10.5 Å². The maximum absolute atomic E-state index is 12.3. The van der Waals surface area contributed by atoms with Crippen molar-refractivity contribution in [1.82, 2.24) is 5.32 Å². The van der Waals surface area contributed by atoms with Gasteiger partial charge in [0, 0.05) is 12.1 Å². The molecule has 2 N–H and O–H groups in total. The fourth-order valence-corrected chi connectivity index (χ4v) is 2.46. The van der Waals surface area contributed by atoms with Crippen LogP contribution >= 0.6 is 0 Å². The molecule has 6 nitrogen and oxygen atoms in total. The van der Waals surface area contributed by atoms with Gasteiger partial charge >= 0.3 is 6.03 Å². The Morgan fingerprint density at radius 1 is 0.960 bits per heavy atom. The van der Waals surface area contributed by atoms with Crippen LogP contribution in [0, 0.1) is 6.92 Å². The molecule has 25 heavy (non-hydrogen) atoms. The highest BCUT2D eigenvalue weighted by molar-refractivity contribution is 5.90. The molecule has 6 heteroatoms. The van der Waals surface area contributed by atoms with Gasteiger partial charge in [0.15, 0.2) is 11.5 Å². The lowest BCUT2D eigenvalue weighted by molar-refractivity contribution is 0.249. The quantitative estimate of drug-likeness (QED) is 0.834. The number of urea groups is 1. The number of aryl methyl sites for hydroxylation is 1. The van der Waals surface area contributed by atoms with E-state index < -0.39 is 0 Å². The average Bonchev–Trinajstić information content (AvgIpc) is 2.61. The molecule has 0 heterocycles. The van der Waals surface area contributed by atoms with Crippen LogP contribution in [0.25, 0.3) is 0 Å². The van der Waals surface area contributed by atoms with E-state index in [4.69, 9.17) is 14.2 Å². The third-order valence-electron chi connectivity index (χ3n) is 3.85. The van der Waals surface area contributed by atoms with Crippen molar-refractivity contribution in [3.8, 4) is 17.2 Å². The molecule has 0 spiro atoms. The molecule has 0 aliphatic heterocycles. The Balaban J connectivity index is 2.10. The van der Waals surface area contributed by atoms with E-state index in [0.717, 1.165) is 5.56 Å². The molecule has 1 unspecified atom stereocenters. The van der Waals surface area contributed by atoms with Crippen LogP contribution in [-0.4, -0.2) is 27.4 Å². The van der Waals surface area contributed by atoms with Gasteiger partial charge < -0.3 is 24.8 Å². The van der Waals surface area contributed by atoms with Crippen molar-refractivity contribution in [3.05, 3.63) is 47.5 Å². The van der Waals surface area contributed by atoms with Gasteiger partial charge in [0.05, 0.1) is 33.1 Å². The van der Waals surface area contributed by atoms with Crippen LogP contribution in [0.5, 0.6) is 17.2 Å². The zero-order valence-electron chi connectivity index (χ0n) is 15.2. The zero-order valence-corrected chi connectivity index (χ0v) is 15.2. The van der Waals surface area contributed by atoms with Crippen molar-refractivity contribution in [2.24, 2.45) is 0 Å². The van der Waals surface area contributed by atoms with E-state index in [2.05, 4.69) is 10.6 Å². The third-order valence-corrected chi connectivity index (χ3v) is 3.85. The minimum atomic E-state index is -0.317. The summed E-state index contributed by atoms with van der Waals surface area (Å²) in [6.45, 7) is 3.96. The van der Waals surface area contributed by atoms with E-state index in [0.29, 0.717) is 22.9 Å². The Bertz CT molecular complexity index is 704. The summed E-state index contributed by atoms with van der Waals surface area (Å²) < 4.78 is 15.8. The van der Waals surface area contributed by atoms with Crippen molar-refractivity contribution < 1.29 is 19.0 Å². The summed E-state index contributed by atoms with van der Waals surface area (Å²) in [4.78, 5) is 12.3. The molecule has 2 aromatic carbocycles. The summed E-state index contributed by atoms with van der Waals surface area (Å²) in [5.41, 5.74) is 2.76. The lowest BCUT2D eigenvalue weighted by Gasteiger charge is -2.17. The lowest BCUT2D eigenvalue weighted by Crippen LogP contribution is -2.31. The van der Waals surface area contributed by atoms with Gasteiger partial charge in [0.2, 0.25) is 5.75 Å². The molecule has 0 aromatic heterocycles. The molecular formula is C19H24N2O4. The van der Waals surface area contributed by atoms with Crippen molar-refractivity contribution >= 4 is 11.7 Å². The summed E-state index contributed by atoms with van der Waals surface area (Å²) in [7, 11) is 4.59. The largest absolute Gasteiger partial charge is 0.493 e. The van der Waals surface area contributed by atoms with E-state index in [-0.39, 0.29) is 12.1 Å². The molecule has 0 fully saturated rings. The molecule has 0 saturated heterocycles. The second kappa shape index (κ2) is 8.28. The number of ether oxygens (including phenoxy) is 3.